The molecule has 2 fully saturated rings. The number of hydrogen-bond donors (Lipinski definition) is 2. The van der Waals surface area contributed by atoms with Crippen LogP contribution in [0.1, 0.15) is 40.0 Å². The second-order valence-corrected chi connectivity index (χ2v) is 7.67. The monoisotopic (exact) mass is 313 g/mol. The zero-order chi connectivity index (χ0) is 15.5. The summed E-state index contributed by atoms with van der Waals surface area (Å²) < 4.78 is 0. The van der Waals surface area contributed by atoms with Crippen molar-refractivity contribution in [1.82, 2.24) is 15.5 Å². The molecule has 21 heavy (non-hydrogen) atoms. The highest BCUT2D eigenvalue weighted by Gasteiger charge is 2.44. The zero-order valence-electron chi connectivity index (χ0n) is 13.3. The summed E-state index contributed by atoms with van der Waals surface area (Å²) in [5.74, 6) is 1.62. The van der Waals surface area contributed by atoms with Crippen molar-refractivity contribution in [2.75, 3.05) is 25.4 Å². The largest absolute Gasteiger partial charge is 0.354 e. The van der Waals surface area contributed by atoms with Crippen LogP contribution in [0.15, 0.2) is 0 Å². The first kappa shape index (κ1) is 16.6. The van der Waals surface area contributed by atoms with E-state index < -0.39 is 0 Å². The van der Waals surface area contributed by atoms with Gasteiger partial charge in [0.25, 0.3) is 0 Å². The Morgan fingerprint density at radius 3 is 2.67 bits per heavy atom. The molecule has 2 aliphatic heterocycles. The minimum atomic E-state index is -0.0945. The molecule has 0 aromatic carbocycles. The van der Waals surface area contributed by atoms with Gasteiger partial charge in [-0.2, -0.15) is 0 Å². The molecule has 0 bridgehead atoms. The van der Waals surface area contributed by atoms with Gasteiger partial charge in [0.05, 0.1) is 10.9 Å². The fourth-order valence-electron chi connectivity index (χ4n) is 2.80. The first-order valence-corrected chi connectivity index (χ1v) is 8.89. The number of rotatable bonds is 4. The summed E-state index contributed by atoms with van der Waals surface area (Å²) in [6.45, 7) is 8.24. The molecule has 5 nitrogen and oxygen atoms in total. The normalized spacial score (nSPS) is 25.9. The van der Waals surface area contributed by atoms with E-state index in [1.165, 1.54) is 0 Å². The summed E-state index contributed by atoms with van der Waals surface area (Å²) in [5.41, 5.74) is 0. The van der Waals surface area contributed by atoms with Crippen LogP contribution in [0, 0.1) is 5.92 Å². The van der Waals surface area contributed by atoms with Crippen LogP contribution in [0.25, 0.3) is 0 Å². The van der Waals surface area contributed by atoms with E-state index in [1.807, 2.05) is 16.7 Å². The molecule has 2 saturated heterocycles. The predicted molar refractivity (Wildman–Crippen MR) is 86.1 cm³/mol. The number of thioether (sulfide) groups is 1. The molecule has 0 aliphatic carbocycles. The van der Waals surface area contributed by atoms with Crippen LogP contribution < -0.4 is 10.6 Å². The van der Waals surface area contributed by atoms with Crippen molar-refractivity contribution in [3.8, 4) is 0 Å². The van der Waals surface area contributed by atoms with E-state index in [9.17, 15) is 9.59 Å². The van der Waals surface area contributed by atoms with E-state index >= 15 is 0 Å². The van der Waals surface area contributed by atoms with Gasteiger partial charge < -0.3 is 10.2 Å². The fourth-order valence-corrected chi connectivity index (χ4v) is 4.22. The van der Waals surface area contributed by atoms with E-state index in [-0.39, 0.29) is 22.7 Å². The van der Waals surface area contributed by atoms with Crippen molar-refractivity contribution in [3.63, 3.8) is 0 Å². The smallest absolute Gasteiger partial charge is 0.238 e. The minimum Gasteiger partial charge on any atom is -0.354 e. The van der Waals surface area contributed by atoms with Crippen LogP contribution in [-0.2, 0) is 9.59 Å². The molecular weight excluding hydrogens is 286 g/mol. The number of hydrogen-bond acceptors (Lipinski definition) is 4. The van der Waals surface area contributed by atoms with Crippen molar-refractivity contribution < 1.29 is 9.59 Å². The van der Waals surface area contributed by atoms with Gasteiger partial charge in [-0.05, 0) is 18.8 Å². The molecule has 0 aromatic rings. The maximum absolute atomic E-state index is 12.2. The molecule has 2 heterocycles. The Morgan fingerprint density at radius 2 is 2.10 bits per heavy atom. The lowest BCUT2D eigenvalue weighted by Crippen LogP contribution is -2.54. The summed E-state index contributed by atoms with van der Waals surface area (Å²) in [6, 6.07) is -0.0945. The summed E-state index contributed by atoms with van der Waals surface area (Å²) >= 11 is 1.85. The van der Waals surface area contributed by atoms with Gasteiger partial charge in [0.15, 0.2) is 0 Å². The Bertz CT molecular complexity index is 394. The third kappa shape index (κ3) is 4.13. The van der Waals surface area contributed by atoms with Gasteiger partial charge >= 0.3 is 0 Å². The fraction of sp³-hybridized carbons (Fsp3) is 0.867. The van der Waals surface area contributed by atoms with E-state index in [4.69, 9.17) is 0 Å². The lowest BCUT2D eigenvalue weighted by molar-refractivity contribution is -0.130. The number of nitrogens with one attached hydrogen (secondary N) is 2. The van der Waals surface area contributed by atoms with Gasteiger partial charge in [-0.25, -0.2) is 0 Å². The Kier molecular flexibility index (Phi) is 5.54. The maximum Gasteiger partial charge on any atom is 0.238 e. The summed E-state index contributed by atoms with van der Waals surface area (Å²) in [5, 5.41) is 6.57. The summed E-state index contributed by atoms with van der Waals surface area (Å²) in [6.07, 6.45) is 2.93. The van der Waals surface area contributed by atoms with Crippen LogP contribution >= 0.6 is 11.8 Å². The van der Waals surface area contributed by atoms with Gasteiger partial charge in [0, 0.05) is 32.3 Å². The van der Waals surface area contributed by atoms with Crippen molar-refractivity contribution >= 4 is 23.6 Å². The molecule has 2 unspecified atom stereocenters. The Morgan fingerprint density at radius 1 is 1.43 bits per heavy atom. The molecule has 1 spiro atoms. The lowest BCUT2D eigenvalue weighted by atomic mass is 10.0. The van der Waals surface area contributed by atoms with Crippen molar-refractivity contribution in [3.05, 3.63) is 0 Å². The molecule has 120 valence electrons. The maximum atomic E-state index is 12.2. The molecule has 2 N–H and O–H groups in total. The molecule has 2 atom stereocenters. The van der Waals surface area contributed by atoms with Crippen LogP contribution in [0.5, 0.6) is 0 Å². The van der Waals surface area contributed by atoms with Gasteiger partial charge in [0.2, 0.25) is 11.8 Å². The first-order valence-electron chi connectivity index (χ1n) is 7.90. The third-order valence-corrected chi connectivity index (χ3v) is 6.20. The van der Waals surface area contributed by atoms with Crippen LogP contribution in [0.3, 0.4) is 0 Å². The van der Waals surface area contributed by atoms with E-state index in [0.29, 0.717) is 5.92 Å². The second kappa shape index (κ2) is 7.01. The Hall–Kier alpha value is -0.750. The SMILES string of the molecule is CCC(C)CNC(=O)C1CSC2(CCN(C(C)=O)CC2)N1. The van der Waals surface area contributed by atoms with Gasteiger partial charge in [-0.15, -0.1) is 11.8 Å². The topological polar surface area (TPSA) is 61.4 Å². The molecule has 2 amide bonds. The predicted octanol–water partition coefficient (Wildman–Crippen LogP) is 1.19. The summed E-state index contributed by atoms with van der Waals surface area (Å²) in [7, 11) is 0. The van der Waals surface area contributed by atoms with Crippen molar-refractivity contribution in [1.29, 1.82) is 0 Å². The second-order valence-electron chi connectivity index (χ2n) is 6.27. The van der Waals surface area contributed by atoms with E-state index in [2.05, 4.69) is 24.5 Å². The van der Waals surface area contributed by atoms with Crippen molar-refractivity contribution in [2.24, 2.45) is 5.92 Å². The van der Waals surface area contributed by atoms with Gasteiger partial charge in [0.1, 0.15) is 0 Å². The standard InChI is InChI=1S/C15H27N3O2S/c1-4-11(2)9-16-14(20)13-10-21-15(17-13)5-7-18(8-6-15)12(3)19/h11,13,17H,4-10H2,1-3H3,(H,16,20). The first-order chi connectivity index (χ1) is 9.96. The highest BCUT2D eigenvalue weighted by Crippen LogP contribution is 2.39. The number of carbonyl (C=O) groups is 2. The quantitative estimate of drug-likeness (QED) is 0.818. The van der Waals surface area contributed by atoms with Gasteiger partial charge in [-0.1, -0.05) is 20.3 Å². The molecular formula is C15H27N3O2S. The molecule has 0 aromatic heterocycles. The lowest BCUT2D eigenvalue weighted by Gasteiger charge is -2.38. The highest BCUT2D eigenvalue weighted by molar-refractivity contribution is 8.01. The number of carbonyl (C=O) groups excluding carboxylic acids is 2. The third-order valence-electron chi connectivity index (χ3n) is 4.62. The number of likely N-dealkylation sites (tertiary alicyclic amines) is 1. The molecule has 2 rings (SSSR count). The number of nitrogens with zero attached hydrogens (tertiary/aromatic N) is 1. The average Bonchev–Trinajstić information content (AvgIpc) is 2.88. The van der Waals surface area contributed by atoms with Crippen LogP contribution in [0.4, 0.5) is 0 Å². The Balaban J connectivity index is 1.81. The van der Waals surface area contributed by atoms with E-state index in [0.717, 1.165) is 44.6 Å². The molecule has 2 aliphatic rings. The minimum absolute atomic E-state index is 0.00959. The number of piperidine rings is 1. The van der Waals surface area contributed by atoms with Crippen LogP contribution in [0.2, 0.25) is 0 Å². The summed E-state index contributed by atoms with van der Waals surface area (Å²) in [4.78, 5) is 25.5. The average molecular weight is 313 g/mol. The Labute approximate surface area is 131 Å². The van der Waals surface area contributed by atoms with Gasteiger partial charge in [-0.3, -0.25) is 14.9 Å². The van der Waals surface area contributed by atoms with Crippen molar-refractivity contribution in [2.45, 2.75) is 50.9 Å². The van der Waals surface area contributed by atoms with E-state index in [1.54, 1.807) is 6.92 Å². The molecule has 0 saturated carbocycles. The van der Waals surface area contributed by atoms with Crippen LogP contribution in [-0.4, -0.2) is 53.0 Å². The number of amides is 2. The zero-order valence-corrected chi connectivity index (χ0v) is 14.1. The molecule has 0 radical (unpaired) electrons. The molecule has 6 heteroatoms. The highest BCUT2D eigenvalue weighted by atomic mass is 32.2.